The number of rotatable bonds is 4. The largest absolute Gasteiger partial charge is 0.469 e. The Morgan fingerprint density at radius 1 is 1.53 bits per heavy atom. The summed E-state index contributed by atoms with van der Waals surface area (Å²) in [5.74, 6) is -0.188. The molecule has 0 saturated heterocycles. The quantitative estimate of drug-likeness (QED) is 0.704. The van der Waals surface area contributed by atoms with Crippen LogP contribution in [0.4, 0.5) is 0 Å². The van der Waals surface area contributed by atoms with Crippen LogP contribution in [0.1, 0.15) is 24.0 Å². The maximum absolute atomic E-state index is 10.9. The lowest BCUT2D eigenvalue weighted by atomic mass is 10.1. The molecule has 0 aromatic heterocycles. The normalized spacial score (nSPS) is 9.33. The van der Waals surface area contributed by atoms with Crippen LogP contribution in [-0.4, -0.2) is 13.1 Å². The van der Waals surface area contributed by atoms with Gasteiger partial charge in [0.25, 0.3) is 0 Å². The number of benzene rings is 1. The van der Waals surface area contributed by atoms with E-state index in [1.54, 1.807) is 6.07 Å². The van der Waals surface area contributed by atoms with Crippen LogP contribution in [0, 0.1) is 11.3 Å². The first-order valence-electron chi connectivity index (χ1n) is 4.82. The number of esters is 1. The molecule has 0 aliphatic carbocycles. The van der Waals surface area contributed by atoms with Crippen molar-refractivity contribution in [1.82, 2.24) is 0 Å². The molecule has 0 atom stereocenters. The average molecular weight is 203 g/mol. The Kier molecular flexibility index (Phi) is 4.36. The molecule has 0 bridgehead atoms. The van der Waals surface area contributed by atoms with Gasteiger partial charge >= 0.3 is 5.97 Å². The molecule has 1 rings (SSSR count). The third-order valence-corrected chi connectivity index (χ3v) is 2.13. The molecule has 0 spiro atoms. The molecule has 0 saturated carbocycles. The first-order chi connectivity index (χ1) is 7.26. The van der Waals surface area contributed by atoms with E-state index in [0.29, 0.717) is 12.0 Å². The van der Waals surface area contributed by atoms with Gasteiger partial charge in [-0.05, 0) is 30.5 Å². The maximum Gasteiger partial charge on any atom is 0.305 e. The minimum atomic E-state index is -0.188. The van der Waals surface area contributed by atoms with E-state index in [4.69, 9.17) is 5.26 Å². The van der Waals surface area contributed by atoms with Gasteiger partial charge in [-0.1, -0.05) is 12.1 Å². The smallest absolute Gasteiger partial charge is 0.305 e. The summed E-state index contributed by atoms with van der Waals surface area (Å²) in [6, 6.07) is 9.51. The number of aryl methyl sites for hydroxylation is 1. The molecular weight excluding hydrogens is 190 g/mol. The molecule has 0 aliphatic rings. The Labute approximate surface area is 89.3 Å². The predicted molar refractivity (Wildman–Crippen MR) is 56.1 cm³/mol. The fourth-order valence-electron chi connectivity index (χ4n) is 1.34. The Balaban J connectivity index is 2.44. The highest BCUT2D eigenvalue weighted by atomic mass is 16.5. The first-order valence-corrected chi connectivity index (χ1v) is 4.82. The van der Waals surface area contributed by atoms with Crippen LogP contribution >= 0.6 is 0 Å². The highest BCUT2D eigenvalue weighted by Gasteiger charge is 2.00. The predicted octanol–water partition coefficient (Wildman–Crippen LogP) is 2.05. The van der Waals surface area contributed by atoms with Crippen molar-refractivity contribution in [2.45, 2.75) is 19.3 Å². The van der Waals surface area contributed by atoms with Crippen molar-refractivity contribution in [3.63, 3.8) is 0 Å². The van der Waals surface area contributed by atoms with Crippen LogP contribution in [0.25, 0.3) is 0 Å². The van der Waals surface area contributed by atoms with Crippen LogP contribution in [0.5, 0.6) is 0 Å². The van der Waals surface area contributed by atoms with Gasteiger partial charge in [0.05, 0.1) is 18.7 Å². The third-order valence-electron chi connectivity index (χ3n) is 2.13. The van der Waals surface area contributed by atoms with Gasteiger partial charge in [-0.15, -0.1) is 0 Å². The van der Waals surface area contributed by atoms with Crippen LogP contribution in [0.15, 0.2) is 24.3 Å². The number of carbonyl (C=O) groups excluding carboxylic acids is 1. The summed E-state index contributed by atoms with van der Waals surface area (Å²) in [6.45, 7) is 0. The van der Waals surface area contributed by atoms with E-state index in [1.165, 1.54) is 7.11 Å². The lowest BCUT2D eigenvalue weighted by Crippen LogP contribution is -2.00. The van der Waals surface area contributed by atoms with Crippen molar-refractivity contribution in [3.05, 3.63) is 35.4 Å². The number of hydrogen-bond acceptors (Lipinski definition) is 3. The van der Waals surface area contributed by atoms with Crippen LogP contribution in [-0.2, 0) is 16.0 Å². The van der Waals surface area contributed by atoms with Crippen LogP contribution in [0.2, 0.25) is 0 Å². The van der Waals surface area contributed by atoms with Crippen molar-refractivity contribution in [2.75, 3.05) is 7.11 Å². The molecule has 0 radical (unpaired) electrons. The number of nitriles is 1. The zero-order chi connectivity index (χ0) is 11.1. The molecule has 0 unspecified atom stereocenters. The first kappa shape index (κ1) is 11.3. The van der Waals surface area contributed by atoms with E-state index in [1.807, 2.05) is 18.2 Å². The molecule has 15 heavy (non-hydrogen) atoms. The molecule has 1 aromatic carbocycles. The van der Waals surface area contributed by atoms with Gasteiger partial charge in [-0.2, -0.15) is 5.26 Å². The van der Waals surface area contributed by atoms with Gasteiger partial charge in [-0.25, -0.2) is 0 Å². The second-order valence-corrected chi connectivity index (χ2v) is 3.24. The van der Waals surface area contributed by atoms with E-state index in [0.717, 1.165) is 18.4 Å². The summed E-state index contributed by atoms with van der Waals surface area (Å²) in [6.07, 6.45) is 1.97. The van der Waals surface area contributed by atoms with E-state index >= 15 is 0 Å². The van der Waals surface area contributed by atoms with E-state index in [9.17, 15) is 4.79 Å². The van der Waals surface area contributed by atoms with Crippen LogP contribution in [0.3, 0.4) is 0 Å². The Hall–Kier alpha value is -1.82. The van der Waals surface area contributed by atoms with Gasteiger partial charge < -0.3 is 4.74 Å². The van der Waals surface area contributed by atoms with Crippen molar-refractivity contribution >= 4 is 5.97 Å². The summed E-state index contributed by atoms with van der Waals surface area (Å²) in [5.41, 5.74) is 1.74. The standard InChI is InChI=1S/C12H13NO2/c1-15-12(14)7-3-5-10-4-2-6-11(8-10)9-13/h2,4,6,8H,3,5,7H2,1H3. The molecule has 3 nitrogen and oxygen atoms in total. The zero-order valence-electron chi connectivity index (χ0n) is 8.69. The van der Waals surface area contributed by atoms with Crippen molar-refractivity contribution in [3.8, 4) is 6.07 Å². The molecule has 1 aromatic rings. The van der Waals surface area contributed by atoms with Crippen molar-refractivity contribution in [2.24, 2.45) is 0 Å². The Morgan fingerprint density at radius 3 is 3.00 bits per heavy atom. The summed E-state index contributed by atoms with van der Waals surface area (Å²) in [7, 11) is 1.39. The molecule has 0 N–H and O–H groups in total. The SMILES string of the molecule is COC(=O)CCCc1cccc(C#N)c1. The monoisotopic (exact) mass is 203 g/mol. The number of carbonyl (C=O) groups is 1. The molecule has 0 aliphatic heterocycles. The summed E-state index contributed by atoms with van der Waals surface area (Å²) in [4.78, 5) is 10.9. The third kappa shape index (κ3) is 3.82. The highest BCUT2D eigenvalue weighted by Crippen LogP contribution is 2.08. The second kappa shape index (κ2) is 5.82. The fourth-order valence-corrected chi connectivity index (χ4v) is 1.34. The maximum atomic E-state index is 10.9. The van der Waals surface area contributed by atoms with Gasteiger partial charge in [0.15, 0.2) is 0 Å². The van der Waals surface area contributed by atoms with Crippen molar-refractivity contribution < 1.29 is 9.53 Å². The molecule has 0 heterocycles. The van der Waals surface area contributed by atoms with E-state index in [2.05, 4.69) is 10.8 Å². The summed E-state index contributed by atoms with van der Waals surface area (Å²) >= 11 is 0. The summed E-state index contributed by atoms with van der Waals surface area (Å²) in [5, 5.41) is 8.69. The van der Waals surface area contributed by atoms with Gasteiger partial charge in [-0.3, -0.25) is 4.79 Å². The number of nitrogens with zero attached hydrogens (tertiary/aromatic N) is 1. The average Bonchev–Trinajstić information content (AvgIpc) is 2.29. The van der Waals surface area contributed by atoms with E-state index < -0.39 is 0 Å². The topological polar surface area (TPSA) is 50.1 Å². The molecule has 3 heteroatoms. The van der Waals surface area contributed by atoms with Crippen LogP contribution < -0.4 is 0 Å². The molecular formula is C12H13NO2. The van der Waals surface area contributed by atoms with Gasteiger partial charge in [0.2, 0.25) is 0 Å². The molecule has 0 amide bonds. The van der Waals surface area contributed by atoms with Crippen molar-refractivity contribution in [1.29, 1.82) is 5.26 Å². The Bertz CT molecular complexity index is 379. The second-order valence-electron chi connectivity index (χ2n) is 3.24. The molecule has 78 valence electrons. The number of hydrogen-bond donors (Lipinski definition) is 0. The minimum Gasteiger partial charge on any atom is -0.469 e. The number of methoxy groups -OCH3 is 1. The Morgan fingerprint density at radius 2 is 2.33 bits per heavy atom. The van der Waals surface area contributed by atoms with Gasteiger partial charge in [0, 0.05) is 6.42 Å². The minimum absolute atomic E-state index is 0.188. The lowest BCUT2D eigenvalue weighted by Gasteiger charge is -2.01. The zero-order valence-corrected chi connectivity index (χ0v) is 8.69. The fraction of sp³-hybridized carbons (Fsp3) is 0.333. The van der Waals surface area contributed by atoms with E-state index in [-0.39, 0.29) is 5.97 Å². The lowest BCUT2D eigenvalue weighted by molar-refractivity contribution is -0.140. The number of ether oxygens (including phenoxy) is 1. The molecule has 0 fully saturated rings. The highest BCUT2D eigenvalue weighted by molar-refractivity contribution is 5.69. The van der Waals surface area contributed by atoms with Gasteiger partial charge in [0.1, 0.15) is 0 Å². The summed E-state index contributed by atoms with van der Waals surface area (Å²) < 4.78 is 4.54.